The third-order valence-corrected chi connectivity index (χ3v) is 5.16. The Balaban J connectivity index is 1.66. The minimum atomic E-state index is -0.249. The third-order valence-electron chi connectivity index (χ3n) is 5.16. The normalized spacial score (nSPS) is 17.0. The van der Waals surface area contributed by atoms with Crippen molar-refractivity contribution in [1.29, 1.82) is 5.26 Å². The van der Waals surface area contributed by atoms with Crippen LogP contribution >= 0.6 is 0 Å². The molecule has 1 aliphatic heterocycles. The summed E-state index contributed by atoms with van der Waals surface area (Å²) in [5.41, 5.74) is 2.66. The molecule has 4 heterocycles. The number of piperidine rings is 1. The summed E-state index contributed by atoms with van der Waals surface area (Å²) in [5.74, 6) is 0.451. The maximum absolute atomic E-state index is 9.34. The second-order valence-electron chi connectivity index (χ2n) is 6.88. The molecule has 0 bridgehead atoms. The predicted octanol–water partition coefficient (Wildman–Crippen LogP) is 2.81. The van der Waals surface area contributed by atoms with Crippen molar-refractivity contribution in [2.45, 2.75) is 26.7 Å². The summed E-state index contributed by atoms with van der Waals surface area (Å²) in [6.07, 6.45) is 7.67. The number of hydrogen-bond donors (Lipinski definition) is 1. The Morgan fingerprint density at radius 1 is 1.30 bits per heavy atom. The smallest absolute Gasteiger partial charge is 0.139 e. The predicted molar refractivity (Wildman–Crippen MR) is 89.5 cm³/mol. The fourth-order valence-corrected chi connectivity index (χ4v) is 3.60. The average molecular weight is 308 g/mol. The lowest BCUT2D eigenvalue weighted by Gasteiger charge is -2.38. The van der Waals surface area contributed by atoms with E-state index in [0.29, 0.717) is 5.92 Å². The van der Waals surface area contributed by atoms with Crippen LogP contribution in [0.4, 0.5) is 0 Å². The van der Waals surface area contributed by atoms with Gasteiger partial charge in [0.25, 0.3) is 0 Å². The number of fused-ring (bicyclic) bond motifs is 3. The van der Waals surface area contributed by atoms with Crippen molar-refractivity contribution in [3.63, 3.8) is 0 Å². The number of pyridine rings is 1. The maximum atomic E-state index is 9.34. The molecule has 0 spiro atoms. The van der Waals surface area contributed by atoms with Gasteiger partial charge in [0.05, 0.1) is 17.7 Å². The summed E-state index contributed by atoms with van der Waals surface area (Å²) in [6.45, 7) is 5.98. The van der Waals surface area contributed by atoms with Crippen LogP contribution in [0.3, 0.4) is 0 Å². The first-order valence-electron chi connectivity index (χ1n) is 8.06. The van der Waals surface area contributed by atoms with Crippen LogP contribution in [0.25, 0.3) is 22.1 Å². The highest BCUT2D eigenvalue weighted by Crippen LogP contribution is 2.34. The highest BCUT2D eigenvalue weighted by molar-refractivity contribution is 6.01. The van der Waals surface area contributed by atoms with Gasteiger partial charge in [-0.3, -0.25) is 0 Å². The number of imidazole rings is 1. The van der Waals surface area contributed by atoms with Gasteiger partial charge in [-0.05, 0) is 38.7 Å². The van der Waals surface area contributed by atoms with Crippen molar-refractivity contribution < 1.29 is 0 Å². The molecule has 3 aromatic heterocycles. The second-order valence-corrected chi connectivity index (χ2v) is 6.88. The molecule has 0 atom stereocenters. The Labute approximate surface area is 134 Å². The Morgan fingerprint density at radius 2 is 2.09 bits per heavy atom. The van der Waals surface area contributed by atoms with Gasteiger partial charge in [0.15, 0.2) is 0 Å². The number of aromatic nitrogens is 4. The Hall–Kier alpha value is -2.55. The van der Waals surface area contributed by atoms with Crippen LogP contribution in [0.15, 0.2) is 24.8 Å². The average Bonchev–Trinajstić information content (AvgIpc) is 3.20. The van der Waals surface area contributed by atoms with Gasteiger partial charge in [-0.1, -0.05) is 0 Å². The topological polar surface area (TPSA) is 73.5 Å². The second kappa shape index (κ2) is 4.98. The molecule has 0 amide bonds. The molecule has 1 fully saturated rings. The minimum absolute atomic E-state index is 0.249. The van der Waals surface area contributed by atoms with Gasteiger partial charge in [0.1, 0.15) is 23.0 Å². The Morgan fingerprint density at radius 3 is 2.83 bits per heavy atom. The van der Waals surface area contributed by atoms with Gasteiger partial charge in [0.2, 0.25) is 0 Å². The van der Waals surface area contributed by atoms with Crippen molar-refractivity contribution >= 4 is 22.1 Å². The van der Waals surface area contributed by atoms with E-state index in [4.69, 9.17) is 0 Å². The number of nitriles is 1. The van der Waals surface area contributed by atoms with E-state index in [1.807, 2.05) is 24.8 Å². The standard InChI is InChI=1S/C17H20N6/c1-17(2,10-18)12-4-7-22(8-5-12)23-11-21-14-9-20-16-13(15(14)23)3-6-19-16/h3,6,9,11-12H,4-5,7-8H2,1-2H3,(H,19,20). The van der Waals surface area contributed by atoms with Crippen molar-refractivity contribution in [2.24, 2.45) is 11.3 Å². The van der Waals surface area contributed by atoms with Crippen LogP contribution in [0.5, 0.6) is 0 Å². The molecule has 1 saturated heterocycles. The number of H-pyrrole nitrogens is 1. The number of rotatable bonds is 2. The van der Waals surface area contributed by atoms with E-state index in [-0.39, 0.29) is 5.41 Å². The van der Waals surface area contributed by atoms with E-state index in [1.165, 1.54) is 0 Å². The lowest BCUT2D eigenvalue weighted by Crippen LogP contribution is -2.44. The first-order chi connectivity index (χ1) is 11.1. The lowest BCUT2D eigenvalue weighted by molar-refractivity contribution is 0.228. The van der Waals surface area contributed by atoms with Crippen molar-refractivity contribution in [3.05, 3.63) is 24.8 Å². The molecular formula is C17H20N6. The van der Waals surface area contributed by atoms with E-state index in [0.717, 1.165) is 48.0 Å². The summed E-state index contributed by atoms with van der Waals surface area (Å²) < 4.78 is 2.16. The molecule has 6 heteroatoms. The molecule has 0 saturated carbocycles. The molecule has 118 valence electrons. The SMILES string of the molecule is CC(C)(C#N)C1CCN(n2cnc3cnc4[nH]ccc4c32)CC1. The van der Waals surface area contributed by atoms with Gasteiger partial charge in [-0.25, -0.2) is 14.6 Å². The number of aromatic amines is 1. The van der Waals surface area contributed by atoms with Crippen molar-refractivity contribution in [1.82, 2.24) is 19.6 Å². The van der Waals surface area contributed by atoms with E-state index >= 15 is 0 Å². The molecule has 0 radical (unpaired) electrons. The summed E-state index contributed by atoms with van der Waals surface area (Å²) in [7, 11) is 0. The van der Waals surface area contributed by atoms with Crippen LogP contribution in [-0.4, -0.2) is 32.7 Å². The monoisotopic (exact) mass is 308 g/mol. The molecule has 1 N–H and O–H groups in total. The van der Waals surface area contributed by atoms with E-state index < -0.39 is 0 Å². The molecule has 4 rings (SSSR count). The van der Waals surface area contributed by atoms with Gasteiger partial charge in [-0.15, -0.1) is 0 Å². The molecule has 0 aliphatic carbocycles. The minimum Gasteiger partial charge on any atom is -0.346 e. The summed E-state index contributed by atoms with van der Waals surface area (Å²) in [6, 6.07) is 4.51. The van der Waals surface area contributed by atoms with Gasteiger partial charge >= 0.3 is 0 Å². The van der Waals surface area contributed by atoms with E-state index in [9.17, 15) is 5.26 Å². The molecular weight excluding hydrogens is 288 g/mol. The maximum Gasteiger partial charge on any atom is 0.139 e. The number of hydrogen-bond acceptors (Lipinski definition) is 4. The quantitative estimate of drug-likeness (QED) is 0.790. The van der Waals surface area contributed by atoms with E-state index in [2.05, 4.69) is 44.6 Å². The first kappa shape index (κ1) is 14.1. The zero-order chi connectivity index (χ0) is 16.0. The van der Waals surface area contributed by atoms with Crippen LogP contribution < -0.4 is 5.01 Å². The molecule has 23 heavy (non-hydrogen) atoms. The molecule has 1 aliphatic rings. The largest absolute Gasteiger partial charge is 0.346 e. The summed E-state index contributed by atoms with van der Waals surface area (Å²) in [4.78, 5) is 12.1. The van der Waals surface area contributed by atoms with Crippen LogP contribution in [0.2, 0.25) is 0 Å². The molecule has 3 aromatic rings. The fourth-order valence-electron chi connectivity index (χ4n) is 3.60. The molecule has 6 nitrogen and oxygen atoms in total. The Kier molecular flexibility index (Phi) is 3.05. The lowest BCUT2D eigenvalue weighted by atomic mass is 9.75. The fraction of sp³-hybridized carbons (Fsp3) is 0.471. The zero-order valence-electron chi connectivity index (χ0n) is 13.5. The molecule has 0 aromatic carbocycles. The summed E-state index contributed by atoms with van der Waals surface area (Å²) in [5, 5.41) is 12.8. The van der Waals surface area contributed by atoms with Gasteiger partial charge in [0, 0.05) is 24.7 Å². The van der Waals surface area contributed by atoms with Crippen LogP contribution in [-0.2, 0) is 0 Å². The van der Waals surface area contributed by atoms with Crippen molar-refractivity contribution in [2.75, 3.05) is 18.1 Å². The van der Waals surface area contributed by atoms with Crippen molar-refractivity contribution in [3.8, 4) is 6.07 Å². The zero-order valence-corrected chi connectivity index (χ0v) is 13.5. The van der Waals surface area contributed by atoms with Gasteiger partial charge < -0.3 is 9.99 Å². The Bertz CT molecular complexity index is 889. The first-order valence-corrected chi connectivity index (χ1v) is 8.06. The van der Waals surface area contributed by atoms with Gasteiger partial charge in [-0.2, -0.15) is 5.26 Å². The molecule has 0 unspecified atom stereocenters. The number of nitrogens with one attached hydrogen (secondary N) is 1. The highest BCUT2D eigenvalue weighted by atomic mass is 15.6. The van der Waals surface area contributed by atoms with Crippen LogP contribution in [0.1, 0.15) is 26.7 Å². The number of nitrogens with zero attached hydrogens (tertiary/aromatic N) is 5. The highest BCUT2D eigenvalue weighted by Gasteiger charge is 2.33. The summed E-state index contributed by atoms with van der Waals surface area (Å²) >= 11 is 0. The van der Waals surface area contributed by atoms with Crippen LogP contribution in [0, 0.1) is 22.7 Å². The van der Waals surface area contributed by atoms with E-state index in [1.54, 1.807) is 0 Å². The third kappa shape index (κ3) is 2.15.